The maximum Gasteiger partial charge on any atom is 0.115 e. The number of rotatable bonds is 5. The molecule has 31 heavy (non-hydrogen) atoms. The Balaban J connectivity index is 1.57. The van der Waals surface area contributed by atoms with E-state index in [4.69, 9.17) is 0 Å². The van der Waals surface area contributed by atoms with Gasteiger partial charge in [-0.15, -0.1) is 0 Å². The van der Waals surface area contributed by atoms with Crippen molar-refractivity contribution in [3.8, 4) is 5.75 Å². The molecule has 0 radical (unpaired) electrons. The van der Waals surface area contributed by atoms with Crippen molar-refractivity contribution in [1.29, 1.82) is 0 Å². The van der Waals surface area contributed by atoms with E-state index in [0.717, 1.165) is 38.5 Å². The Morgan fingerprint density at radius 2 is 2.03 bits per heavy atom. The number of phenolic OH excluding ortho intramolecular Hbond substituents is 1. The van der Waals surface area contributed by atoms with Crippen LogP contribution in [0, 0.1) is 29.1 Å². The van der Waals surface area contributed by atoms with Gasteiger partial charge in [0.15, 0.2) is 0 Å². The van der Waals surface area contributed by atoms with Crippen LogP contribution in [0.5, 0.6) is 5.75 Å². The first-order valence-corrected chi connectivity index (χ1v) is 12.5. The average molecular weight is 427 g/mol. The smallest absolute Gasteiger partial charge is 0.115 e. The average Bonchev–Trinajstić information content (AvgIpc) is 2.98. The van der Waals surface area contributed by atoms with Gasteiger partial charge in [0.05, 0.1) is 11.7 Å². The van der Waals surface area contributed by atoms with E-state index in [0.29, 0.717) is 35.8 Å². The third-order valence-corrected chi connectivity index (χ3v) is 9.44. The maximum absolute atomic E-state index is 11.7. The molecule has 2 fully saturated rings. The summed E-state index contributed by atoms with van der Waals surface area (Å²) in [5, 5.41) is 32.9. The summed E-state index contributed by atoms with van der Waals surface area (Å²) in [6.45, 7) is 10.9. The summed E-state index contributed by atoms with van der Waals surface area (Å²) in [7, 11) is 0. The zero-order valence-corrected chi connectivity index (χ0v) is 20.1. The Kier molecular flexibility index (Phi) is 6.07. The van der Waals surface area contributed by atoms with Gasteiger partial charge in [-0.05, 0) is 111 Å². The molecule has 1 unspecified atom stereocenters. The van der Waals surface area contributed by atoms with Gasteiger partial charge in [0.25, 0.3) is 0 Å². The molecule has 3 aliphatic rings. The number of aliphatic hydroxyl groups is 2. The number of benzene rings is 1. The molecule has 0 spiro atoms. The quantitative estimate of drug-likeness (QED) is 0.508. The molecule has 0 bridgehead atoms. The zero-order valence-electron chi connectivity index (χ0n) is 20.1. The van der Waals surface area contributed by atoms with Gasteiger partial charge in [-0.2, -0.15) is 0 Å². The van der Waals surface area contributed by atoms with E-state index in [-0.39, 0.29) is 11.3 Å². The molecule has 0 saturated heterocycles. The number of allylic oxidation sites excluding steroid dienone is 2. The molecule has 0 heterocycles. The number of hydrogen-bond acceptors (Lipinski definition) is 3. The van der Waals surface area contributed by atoms with E-state index in [1.165, 1.54) is 16.7 Å². The van der Waals surface area contributed by atoms with Crippen LogP contribution in [0.1, 0.15) is 90.2 Å². The Morgan fingerprint density at radius 1 is 1.29 bits per heavy atom. The second-order valence-corrected chi connectivity index (χ2v) is 11.5. The van der Waals surface area contributed by atoms with Crippen LogP contribution in [0.4, 0.5) is 0 Å². The molecule has 2 saturated carbocycles. The highest BCUT2D eigenvalue weighted by Crippen LogP contribution is 2.65. The van der Waals surface area contributed by atoms with Crippen molar-refractivity contribution in [2.24, 2.45) is 29.1 Å². The largest absolute Gasteiger partial charge is 0.508 e. The summed E-state index contributed by atoms with van der Waals surface area (Å²) >= 11 is 0. The standard InChI is InChI=1S/C28H42O3/c1-6-18(17(2)3)11-14-28(5,31)26-25(30)16-24-23-9-7-19-15-20(29)8-10-21(19)22(23)12-13-27(24,26)4/h6,8,10,15,17,22-26,29-31H,7,9,11-14,16H2,1-5H3/b18-6+/t22-,23-,24+,25+,26?,27+,28+/m1/s1. The second-order valence-electron chi connectivity index (χ2n) is 11.5. The van der Waals surface area contributed by atoms with Gasteiger partial charge in [0, 0.05) is 5.92 Å². The predicted molar refractivity (Wildman–Crippen MR) is 126 cm³/mol. The van der Waals surface area contributed by atoms with Crippen molar-refractivity contribution >= 4 is 0 Å². The Labute approximate surface area is 188 Å². The van der Waals surface area contributed by atoms with Gasteiger partial charge in [-0.25, -0.2) is 0 Å². The maximum atomic E-state index is 11.7. The highest BCUT2D eigenvalue weighted by molar-refractivity contribution is 5.40. The molecule has 3 heteroatoms. The van der Waals surface area contributed by atoms with Crippen molar-refractivity contribution in [1.82, 2.24) is 0 Å². The first-order chi connectivity index (χ1) is 14.6. The van der Waals surface area contributed by atoms with Crippen LogP contribution < -0.4 is 0 Å². The molecule has 3 N–H and O–H groups in total. The highest BCUT2D eigenvalue weighted by Gasteiger charge is 2.62. The fourth-order valence-electron chi connectivity index (χ4n) is 8.03. The van der Waals surface area contributed by atoms with Crippen LogP contribution in [0.3, 0.4) is 0 Å². The van der Waals surface area contributed by atoms with E-state index >= 15 is 0 Å². The summed E-state index contributed by atoms with van der Waals surface area (Å²) in [6, 6.07) is 5.91. The molecule has 1 aromatic rings. The summed E-state index contributed by atoms with van der Waals surface area (Å²) in [5.41, 5.74) is 3.23. The number of aryl methyl sites for hydroxylation is 1. The number of aliphatic hydroxyl groups excluding tert-OH is 1. The van der Waals surface area contributed by atoms with Crippen LogP contribution in [-0.2, 0) is 6.42 Å². The summed E-state index contributed by atoms with van der Waals surface area (Å²) in [4.78, 5) is 0. The monoisotopic (exact) mass is 426 g/mol. The Bertz CT molecular complexity index is 839. The third-order valence-electron chi connectivity index (χ3n) is 9.44. The molecule has 0 amide bonds. The molecule has 7 atom stereocenters. The summed E-state index contributed by atoms with van der Waals surface area (Å²) < 4.78 is 0. The second kappa shape index (κ2) is 8.23. The number of aromatic hydroxyl groups is 1. The van der Waals surface area contributed by atoms with Crippen LogP contribution >= 0.6 is 0 Å². The van der Waals surface area contributed by atoms with Gasteiger partial charge >= 0.3 is 0 Å². The van der Waals surface area contributed by atoms with E-state index in [1.54, 1.807) is 0 Å². The highest BCUT2D eigenvalue weighted by atomic mass is 16.3. The van der Waals surface area contributed by atoms with E-state index in [2.05, 4.69) is 39.8 Å². The molecule has 1 aromatic carbocycles. The molecule has 3 nitrogen and oxygen atoms in total. The van der Waals surface area contributed by atoms with Crippen LogP contribution in [0.15, 0.2) is 29.8 Å². The van der Waals surface area contributed by atoms with Gasteiger partial charge in [0.1, 0.15) is 5.75 Å². The lowest BCUT2D eigenvalue weighted by molar-refractivity contribution is -0.110. The van der Waals surface area contributed by atoms with Crippen LogP contribution in [-0.4, -0.2) is 27.0 Å². The van der Waals surface area contributed by atoms with Crippen LogP contribution in [0.2, 0.25) is 0 Å². The normalized spacial score (nSPS) is 37.2. The fraction of sp³-hybridized carbons (Fsp3) is 0.714. The molecular formula is C28H42O3. The van der Waals surface area contributed by atoms with Crippen molar-refractivity contribution in [3.05, 3.63) is 41.0 Å². The van der Waals surface area contributed by atoms with Crippen LogP contribution in [0.25, 0.3) is 0 Å². The number of hydrogen-bond donors (Lipinski definition) is 3. The van der Waals surface area contributed by atoms with E-state index in [9.17, 15) is 15.3 Å². The molecule has 172 valence electrons. The number of phenols is 1. The van der Waals surface area contributed by atoms with Gasteiger partial charge in [-0.3, -0.25) is 0 Å². The lowest BCUT2D eigenvalue weighted by atomic mass is 9.52. The molecule has 3 aliphatic carbocycles. The number of fused-ring (bicyclic) bond motifs is 5. The third kappa shape index (κ3) is 3.86. The summed E-state index contributed by atoms with van der Waals surface area (Å²) in [5.74, 6) is 2.33. The lowest BCUT2D eigenvalue weighted by Crippen LogP contribution is -2.50. The minimum Gasteiger partial charge on any atom is -0.508 e. The molecule has 0 aliphatic heterocycles. The van der Waals surface area contributed by atoms with Gasteiger partial charge in [0.2, 0.25) is 0 Å². The Morgan fingerprint density at radius 3 is 2.71 bits per heavy atom. The molecular weight excluding hydrogens is 384 g/mol. The van der Waals surface area contributed by atoms with Crippen molar-refractivity contribution in [3.63, 3.8) is 0 Å². The van der Waals surface area contributed by atoms with Crippen molar-refractivity contribution < 1.29 is 15.3 Å². The molecule has 0 aromatic heterocycles. The predicted octanol–water partition coefficient (Wildman–Crippen LogP) is 5.97. The SMILES string of the molecule is C/C=C(\CC[C@](C)(O)C1[C@@H](O)C[C@H]2[C@@H]3CCc4cc(O)ccc4[C@H]3CC[C@]12C)C(C)C. The first kappa shape index (κ1) is 22.9. The fourth-order valence-corrected chi connectivity index (χ4v) is 8.03. The summed E-state index contributed by atoms with van der Waals surface area (Å²) in [6.07, 6.45) is 8.48. The first-order valence-electron chi connectivity index (χ1n) is 12.5. The van der Waals surface area contributed by atoms with Crippen molar-refractivity contribution in [2.45, 2.75) is 97.2 Å². The van der Waals surface area contributed by atoms with E-state index in [1.807, 2.05) is 19.1 Å². The zero-order chi connectivity index (χ0) is 22.6. The van der Waals surface area contributed by atoms with E-state index < -0.39 is 11.7 Å². The molecule has 4 rings (SSSR count). The Hall–Kier alpha value is -1.32. The topological polar surface area (TPSA) is 60.7 Å². The minimum atomic E-state index is -0.864. The van der Waals surface area contributed by atoms with Gasteiger partial charge < -0.3 is 15.3 Å². The minimum absolute atomic E-state index is 0.0214. The van der Waals surface area contributed by atoms with Gasteiger partial charge in [-0.1, -0.05) is 38.5 Å². The lowest BCUT2D eigenvalue weighted by Gasteiger charge is -2.53. The van der Waals surface area contributed by atoms with Crippen molar-refractivity contribution in [2.75, 3.05) is 0 Å².